The fourth-order valence-electron chi connectivity index (χ4n) is 2.56. The highest BCUT2D eigenvalue weighted by atomic mass is 16.7. The summed E-state index contributed by atoms with van der Waals surface area (Å²) >= 11 is 0. The predicted molar refractivity (Wildman–Crippen MR) is 98.9 cm³/mol. The molecule has 0 atom stereocenters. The molecule has 1 fully saturated rings. The zero-order valence-corrected chi connectivity index (χ0v) is 16.1. The molecule has 1 aromatic rings. The van der Waals surface area contributed by atoms with Crippen LogP contribution < -0.4 is 0 Å². The normalized spacial score (nSPS) is 13.6. The Hall–Kier alpha value is -2.71. The molecule has 0 aliphatic carbocycles. The number of carbonyl (C=O) groups excluding carboxylic acids is 3. The average molecular weight is 391 g/mol. The Balaban J connectivity index is 2.24. The topological polar surface area (TPSA) is 91.4 Å². The van der Waals surface area contributed by atoms with Gasteiger partial charge in [0.25, 0.3) is 0 Å². The van der Waals surface area contributed by atoms with E-state index in [-0.39, 0.29) is 26.3 Å². The maximum Gasteiger partial charge on any atom is 0.345 e. The highest BCUT2D eigenvalue weighted by Crippen LogP contribution is 2.13. The smallest absolute Gasteiger partial charge is 0.345 e. The second-order valence-electron chi connectivity index (χ2n) is 5.87. The van der Waals surface area contributed by atoms with Crippen LogP contribution in [0.5, 0.6) is 0 Å². The van der Waals surface area contributed by atoms with Crippen LogP contribution in [-0.4, -0.2) is 62.0 Å². The summed E-state index contributed by atoms with van der Waals surface area (Å²) in [6, 6.07) is 9.34. The van der Waals surface area contributed by atoms with Gasteiger partial charge in [-0.1, -0.05) is 30.3 Å². The largest absolute Gasteiger partial charge is 0.462 e. The van der Waals surface area contributed by atoms with Gasteiger partial charge in [0.05, 0.1) is 33.0 Å². The summed E-state index contributed by atoms with van der Waals surface area (Å²) in [6.45, 7) is 4.68. The molecule has 2 rings (SSSR count). The molecular formula is C20H25NO7. The molecule has 0 saturated carbocycles. The quantitative estimate of drug-likeness (QED) is 0.272. The summed E-state index contributed by atoms with van der Waals surface area (Å²) in [4.78, 5) is 38.6. The fraction of sp³-hybridized carbons (Fsp3) is 0.450. The number of nitrogens with zero attached hydrogens (tertiary/aromatic N) is 1. The minimum absolute atomic E-state index is 0.0707. The number of hydrogen-bond donors (Lipinski definition) is 0. The van der Waals surface area contributed by atoms with Crippen molar-refractivity contribution in [1.82, 2.24) is 4.90 Å². The first-order chi connectivity index (χ1) is 13.5. The van der Waals surface area contributed by atoms with Gasteiger partial charge in [-0.25, -0.2) is 9.59 Å². The molecule has 1 aromatic carbocycles. The molecule has 0 bridgehead atoms. The van der Waals surface area contributed by atoms with Crippen LogP contribution in [0, 0.1) is 0 Å². The van der Waals surface area contributed by atoms with E-state index in [1.54, 1.807) is 13.8 Å². The van der Waals surface area contributed by atoms with Crippen LogP contribution in [0.2, 0.25) is 0 Å². The van der Waals surface area contributed by atoms with E-state index in [1.165, 1.54) is 4.90 Å². The minimum atomic E-state index is -0.901. The van der Waals surface area contributed by atoms with E-state index in [4.69, 9.17) is 18.9 Å². The van der Waals surface area contributed by atoms with Crippen LogP contribution in [0.3, 0.4) is 0 Å². The summed E-state index contributed by atoms with van der Waals surface area (Å²) in [7, 11) is 0. The van der Waals surface area contributed by atoms with Crippen molar-refractivity contribution in [3.05, 3.63) is 47.5 Å². The third-order valence-electron chi connectivity index (χ3n) is 3.85. The van der Waals surface area contributed by atoms with Crippen molar-refractivity contribution in [1.29, 1.82) is 0 Å². The van der Waals surface area contributed by atoms with E-state index in [2.05, 4.69) is 0 Å². The van der Waals surface area contributed by atoms with Gasteiger partial charge in [0, 0.05) is 12.6 Å². The van der Waals surface area contributed by atoms with Crippen molar-refractivity contribution in [2.24, 2.45) is 0 Å². The second-order valence-corrected chi connectivity index (χ2v) is 5.87. The Morgan fingerprint density at radius 1 is 1.04 bits per heavy atom. The van der Waals surface area contributed by atoms with Crippen LogP contribution in [0.15, 0.2) is 42.0 Å². The minimum Gasteiger partial charge on any atom is -0.462 e. The van der Waals surface area contributed by atoms with E-state index in [0.717, 1.165) is 11.6 Å². The predicted octanol–water partition coefficient (Wildman–Crippen LogP) is 1.44. The number of carbonyl (C=O) groups is 3. The van der Waals surface area contributed by atoms with Gasteiger partial charge in [-0.15, -0.1) is 0 Å². The van der Waals surface area contributed by atoms with Crippen LogP contribution >= 0.6 is 0 Å². The monoisotopic (exact) mass is 391 g/mol. The van der Waals surface area contributed by atoms with Crippen molar-refractivity contribution in [3.8, 4) is 0 Å². The van der Waals surface area contributed by atoms with Gasteiger partial charge in [-0.2, -0.15) is 0 Å². The Morgan fingerprint density at radius 2 is 1.61 bits per heavy atom. The molecule has 1 amide bonds. The number of esters is 2. The zero-order valence-electron chi connectivity index (χ0n) is 16.1. The van der Waals surface area contributed by atoms with Gasteiger partial charge in [0.2, 0.25) is 5.91 Å². The molecule has 8 heteroatoms. The molecule has 1 aliphatic heterocycles. The Labute approximate surface area is 164 Å². The zero-order chi connectivity index (χ0) is 20.4. The summed E-state index contributed by atoms with van der Waals surface area (Å²) in [5, 5.41) is 0. The first-order valence-corrected chi connectivity index (χ1v) is 9.17. The molecule has 1 saturated heterocycles. The molecule has 28 heavy (non-hydrogen) atoms. The number of ether oxygens (including phenoxy) is 4. The first kappa shape index (κ1) is 21.6. The van der Waals surface area contributed by atoms with Crippen molar-refractivity contribution in [2.45, 2.75) is 26.7 Å². The van der Waals surface area contributed by atoms with Crippen molar-refractivity contribution in [2.75, 3.05) is 33.0 Å². The molecule has 0 unspecified atom stereocenters. The Bertz CT molecular complexity index is 676. The lowest BCUT2D eigenvalue weighted by atomic mass is 10.2. The molecule has 1 aliphatic rings. The van der Waals surface area contributed by atoms with Crippen molar-refractivity contribution < 1.29 is 33.3 Å². The average Bonchev–Trinajstić information content (AvgIpc) is 3.19. The molecule has 0 radical (unpaired) electrons. The fourth-order valence-corrected chi connectivity index (χ4v) is 2.56. The lowest BCUT2D eigenvalue weighted by molar-refractivity contribution is -0.147. The van der Waals surface area contributed by atoms with Crippen LogP contribution in [0.1, 0.15) is 19.4 Å². The molecule has 0 N–H and O–H groups in total. The highest BCUT2D eigenvalue weighted by molar-refractivity contribution is 6.17. The van der Waals surface area contributed by atoms with Crippen molar-refractivity contribution in [3.63, 3.8) is 0 Å². The highest BCUT2D eigenvalue weighted by Gasteiger charge is 2.27. The molecule has 152 valence electrons. The molecule has 0 spiro atoms. The van der Waals surface area contributed by atoms with Crippen LogP contribution in [-0.2, 0) is 39.9 Å². The lowest BCUT2D eigenvalue weighted by Gasteiger charge is -2.24. The summed E-state index contributed by atoms with van der Waals surface area (Å²) in [6.07, 6.45) is 0.392. The van der Waals surface area contributed by atoms with Gasteiger partial charge in [-0.3, -0.25) is 4.79 Å². The third-order valence-corrected chi connectivity index (χ3v) is 3.85. The Morgan fingerprint density at radius 3 is 2.14 bits per heavy atom. The molecular weight excluding hydrogens is 366 g/mol. The maximum atomic E-state index is 12.9. The van der Waals surface area contributed by atoms with E-state index in [9.17, 15) is 14.4 Å². The maximum absolute atomic E-state index is 12.9. The SMILES string of the molecule is CCOC(=O)C(=CC(=O)N(Cc1ccccc1)CC1OCCO1)C(=O)OCC. The van der Waals surface area contributed by atoms with Gasteiger partial charge in [0.15, 0.2) is 6.29 Å². The lowest BCUT2D eigenvalue weighted by Crippen LogP contribution is -2.37. The van der Waals surface area contributed by atoms with E-state index in [0.29, 0.717) is 13.2 Å². The van der Waals surface area contributed by atoms with E-state index >= 15 is 0 Å². The number of benzene rings is 1. The van der Waals surface area contributed by atoms with E-state index < -0.39 is 29.7 Å². The number of hydrogen-bond acceptors (Lipinski definition) is 7. The van der Waals surface area contributed by atoms with Gasteiger partial charge >= 0.3 is 11.9 Å². The summed E-state index contributed by atoms with van der Waals surface area (Å²) in [5.74, 6) is -2.34. The summed E-state index contributed by atoms with van der Waals surface area (Å²) in [5.41, 5.74) is 0.441. The molecule has 1 heterocycles. The molecule has 8 nitrogen and oxygen atoms in total. The standard InChI is InChI=1S/C20H25NO7/c1-3-25-19(23)16(20(24)26-4-2)12-17(22)21(14-18-27-10-11-28-18)13-15-8-6-5-7-9-15/h5-9,12,18H,3-4,10-11,13-14H2,1-2H3. The van der Waals surface area contributed by atoms with Gasteiger partial charge < -0.3 is 23.8 Å². The number of rotatable bonds is 9. The first-order valence-electron chi connectivity index (χ1n) is 9.17. The Kier molecular flexibility index (Phi) is 8.64. The van der Waals surface area contributed by atoms with Crippen LogP contribution in [0.4, 0.5) is 0 Å². The van der Waals surface area contributed by atoms with Gasteiger partial charge in [-0.05, 0) is 19.4 Å². The van der Waals surface area contributed by atoms with Crippen molar-refractivity contribution >= 4 is 17.8 Å². The van der Waals surface area contributed by atoms with Gasteiger partial charge in [0.1, 0.15) is 5.57 Å². The second kappa shape index (κ2) is 11.2. The van der Waals surface area contributed by atoms with E-state index in [1.807, 2.05) is 30.3 Å². The summed E-state index contributed by atoms with van der Waals surface area (Å²) < 4.78 is 20.6. The van der Waals surface area contributed by atoms with Crippen LogP contribution in [0.25, 0.3) is 0 Å². The third kappa shape index (κ3) is 6.47. The molecule has 0 aromatic heterocycles. The number of amides is 1.